The SMILES string of the molecule is CC1CCC(NS(=O)(=O)CC(=O)NCCc2ccc(C(=O)O)cc2)CC1. The van der Waals surface area contributed by atoms with Crippen LogP contribution < -0.4 is 10.0 Å². The van der Waals surface area contributed by atoms with Crippen molar-refractivity contribution in [3.05, 3.63) is 35.4 Å². The summed E-state index contributed by atoms with van der Waals surface area (Å²) in [5.41, 5.74) is 1.07. The lowest BCUT2D eigenvalue weighted by Gasteiger charge is -2.26. The van der Waals surface area contributed by atoms with Gasteiger partial charge in [-0.15, -0.1) is 0 Å². The van der Waals surface area contributed by atoms with Gasteiger partial charge in [0.25, 0.3) is 0 Å². The van der Waals surface area contributed by atoms with E-state index in [2.05, 4.69) is 17.0 Å². The third-order valence-corrected chi connectivity index (χ3v) is 5.95. The number of nitrogens with one attached hydrogen (secondary N) is 2. The number of amides is 1. The van der Waals surface area contributed by atoms with Crippen LogP contribution in [0.2, 0.25) is 0 Å². The predicted octanol–water partition coefficient (Wildman–Crippen LogP) is 1.54. The van der Waals surface area contributed by atoms with Crippen molar-refractivity contribution >= 4 is 21.9 Å². The van der Waals surface area contributed by atoms with Crippen LogP contribution in [0.1, 0.15) is 48.5 Å². The summed E-state index contributed by atoms with van der Waals surface area (Å²) >= 11 is 0. The van der Waals surface area contributed by atoms with Gasteiger partial charge in [-0.3, -0.25) is 4.79 Å². The first-order chi connectivity index (χ1) is 12.2. The number of carboxylic acids is 1. The molecule has 1 aliphatic rings. The van der Waals surface area contributed by atoms with Crippen LogP contribution >= 0.6 is 0 Å². The maximum absolute atomic E-state index is 12.1. The van der Waals surface area contributed by atoms with Crippen LogP contribution in [0.25, 0.3) is 0 Å². The summed E-state index contributed by atoms with van der Waals surface area (Å²) in [4.78, 5) is 22.7. The van der Waals surface area contributed by atoms with Gasteiger partial charge in [-0.2, -0.15) is 0 Å². The van der Waals surface area contributed by atoms with Gasteiger partial charge >= 0.3 is 5.97 Å². The van der Waals surface area contributed by atoms with Gasteiger partial charge in [0.1, 0.15) is 5.75 Å². The van der Waals surface area contributed by atoms with Crippen molar-refractivity contribution in [1.29, 1.82) is 0 Å². The van der Waals surface area contributed by atoms with Gasteiger partial charge < -0.3 is 10.4 Å². The molecule has 0 saturated heterocycles. The fourth-order valence-corrected chi connectivity index (χ4v) is 4.33. The minimum Gasteiger partial charge on any atom is -0.478 e. The number of carbonyl (C=O) groups is 2. The Balaban J connectivity index is 1.72. The highest BCUT2D eigenvalue weighted by Crippen LogP contribution is 2.23. The molecule has 1 amide bonds. The molecule has 1 aromatic rings. The molecule has 7 nitrogen and oxygen atoms in total. The van der Waals surface area contributed by atoms with Crippen molar-refractivity contribution in [2.45, 2.75) is 45.1 Å². The maximum atomic E-state index is 12.1. The molecule has 26 heavy (non-hydrogen) atoms. The minimum absolute atomic E-state index is 0.0725. The molecule has 0 aromatic heterocycles. The second-order valence-electron chi connectivity index (χ2n) is 6.94. The number of carboxylic acid groups (broad SMARTS) is 1. The van der Waals surface area contributed by atoms with Crippen LogP contribution in [0.15, 0.2) is 24.3 Å². The van der Waals surface area contributed by atoms with Gasteiger partial charge in [-0.25, -0.2) is 17.9 Å². The number of aromatic carboxylic acids is 1. The number of benzene rings is 1. The monoisotopic (exact) mass is 382 g/mol. The Hall–Kier alpha value is -1.93. The van der Waals surface area contributed by atoms with E-state index in [0.717, 1.165) is 31.2 Å². The molecule has 1 aromatic carbocycles. The topological polar surface area (TPSA) is 113 Å². The minimum atomic E-state index is -3.64. The van der Waals surface area contributed by atoms with E-state index in [1.54, 1.807) is 12.1 Å². The van der Waals surface area contributed by atoms with Crippen LogP contribution in [0.5, 0.6) is 0 Å². The van der Waals surface area contributed by atoms with Crippen molar-refractivity contribution in [1.82, 2.24) is 10.0 Å². The molecule has 0 radical (unpaired) electrons. The molecular weight excluding hydrogens is 356 g/mol. The number of rotatable bonds is 8. The number of sulfonamides is 1. The second kappa shape index (κ2) is 9.14. The Morgan fingerprint density at radius 1 is 1.12 bits per heavy atom. The molecule has 0 atom stereocenters. The van der Waals surface area contributed by atoms with Gasteiger partial charge in [0.05, 0.1) is 5.56 Å². The summed E-state index contributed by atoms with van der Waals surface area (Å²) in [6, 6.07) is 6.28. The maximum Gasteiger partial charge on any atom is 0.335 e. The molecule has 1 aliphatic carbocycles. The predicted molar refractivity (Wildman–Crippen MR) is 98.5 cm³/mol. The first-order valence-electron chi connectivity index (χ1n) is 8.84. The standard InChI is InChI=1S/C18H26N2O5S/c1-13-2-8-16(9-3-13)20-26(24,25)12-17(21)19-11-10-14-4-6-15(7-5-14)18(22)23/h4-7,13,16,20H,2-3,8-12H2,1H3,(H,19,21)(H,22,23). The van der Waals surface area contributed by atoms with Gasteiger partial charge in [-0.05, 0) is 55.7 Å². The van der Waals surface area contributed by atoms with Crippen molar-refractivity contribution in [3.8, 4) is 0 Å². The summed E-state index contributed by atoms with van der Waals surface area (Å²) < 4.78 is 26.8. The molecule has 0 unspecified atom stereocenters. The average Bonchev–Trinajstić information content (AvgIpc) is 2.56. The largest absolute Gasteiger partial charge is 0.478 e. The van der Waals surface area contributed by atoms with E-state index in [4.69, 9.17) is 5.11 Å². The molecule has 0 heterocycles. The highest BCUT2D eigenvalue weighted by Gasteiger charge is 2.24. The van der Waals surface area contributed by atoms with E-state index >= 15 is 0 Å². The van der Waals surface area contributed by atoms with E-state index in [1.807, 2.05) is 0 Å². The lowest BCUT2D eigenvalue weighted by molar-refractivity contribution is -0.118. The quantitative estimate of drug-likeness (QED) is 0.631. The van der Waals surface area contributed by atoms with Crippen molar-refractivity contribution in [2.24, 2.45) is 5.92 Å². The van der Waals surface area contributed by atoms with Gasteiger partial charge in [0.2, 0.25) is 15.9 Å². The Bertz CT molecular complexity index is 722. The summed E-state index contributed by atoms with van der Waals surface area (Å²) in [6.07, 6.45) is 4.13. The summed E-state index contributed by atoms with van der Waals surface area (Å²) in [6.45, 7) is 2.45. The first-order valence-corrected chi connectivity index (χ1v) is 10.5. The molecule has 0 aliphatic heterocycles. The molecule has 2 rings (SSSR count). The smallest absolute Gasteiger partial charge is 0.335 e. The Labute approximate surface area is 154 Å². The molecule has 8 heteroatoms. The Kier molecular flexibility index (Phi) is 7.16. The fraction of sp³-hybridized carbons (Fsp3) is 0.556. The van der Waals surface area contributed by atoms with E-state index in [-0.39, 0.29) is 11.6 Å². The lowest BCUT2D eigenvalue weighted by atomic mass is 9.88. The van der Waals surface area contributed by atoms with Crippen LogP contribution in [0.4, 0.5) is 0 Å². The molecule has 144 valence electrons. The van der Waals surface area contributed by atoms with Crippen LogP contribution in [-0.4, -0.2) is 43.7 Å². The van der Waals surface area contributed by atoms with E-state index in [1.165, 1.54) is 12.1 Å². The zero-order valence-corrected chi connectivity index (χ0v) is 15.7. The third-order valence-electron chi connectivity index (χ3n) is 4.62. The Morgan fingerprint density at radius 2 is 1.73 bits per heavy atom. The van der Waals surface area contributed by atoms with Gasteiger partial charge in [0.15, 0.2) is 0 Å². The molecule has 1 fully saturated rings. The summed E-state index contributed by atoms with van der Waals surface area (Å²) in [7, 11) is -3.64. The number of carbonyl (C=O) groups excluding carboxylic acids is 1. The number of hydrogen-bond donors (Lipinski definition) is 3. The number of hydrogen-bond acceptors (Lipinski definition) is 4. The normalized spacial score (nSPS) is 20.5. The zero-order chi connectivity index (χ0) is 19.2. The third kappa shape index (κ3) is 6.76. The fourth-order valence-electron chi connectivity index (χ4n) is 3.06. The van der Waals surface area contributed by atoms with Crippen molar-refractivity contribution in [3.63, 3.8) is 0 Å². The van der Waals surface area contributed by atoms with Crippen LogP contribution in [-0.2, 0) is 21.2 Å². The summed E-state index contributed by atoms with van der Waals surface area (Å²) in [5, 5.41) is 11.4. The molecule has 3 N–H and O–H groups in total. The lowest BCUT2D eigenvalue weighted by Crippen LogP contribution is -2.42. The highest BCUT2D eigenvalue weighted by atomic mass is 32.2. The molecule has 0 bridgehead atoms. The van der Waals surface area contributed by atoms with Crippen LogP contribution in [0.3, 0.4) is 0 Å². The van der Waals surface area contributed by atoms with E-state index in [9.17, 15) is 18.0 Å². The van der Waals surface area contributed by atoms with Gasteiger partial charge in [-0.1, -0.05) is 19.1 Å². The molecular formula is C18H26N2O5S. The zero-order valence-electron chi connectivity index (χ0n) is 14.9. The van der Waals surface area contributed by atoms with Crippen LogP contribution in [0, 0.1) is 5.92 Å². The Morgan fingerprint density at radius 3 is 2.31 bits per heavy atom. The first kappa shape index (κ1) is 20.4. The molecule has 0 spiro atoms. The van der Waals surface area contributed by atoms with Crippen molar-refractivity contribution < 1.29 is 23.1 Å². The summed E-state index contributed by atoms with van der Waals surface area (Å²) in [5.74, 6) is -1.47. The second-order valence-corrected chi connectivity index (χ2v) is 8.69. The van der Waals surface area contributed by atoms with Gasteiger partial charge in [0, 0.05) is 12.6 Å². The van der Waals surface area contributed by atoms with Crippen molar-refractivity contribution in [2.75, 3.05) is 12.3 Å². The highest BCUT2D eigenvalue weighted by molar-refractivity contribution is 7.90. The molecule has 1 saturated carbocycles. The average molecular weight is 382 g/mol. The van der Waals surface area contributed by atoms with E-state index in [0.29, 0.717) is 18.9 Å². The van der Waals surface area contributed by atoms with E-state index < -0.39 is 27.7 Å².